The number of amides is 1. The quantitative estimate of drug-likeness (QED) is 0.191. The third-order valence-corrected chi connectivity index (χ3v) is 7.18. The summed E-state index contributed by atoms with van der Waals surface area (Å²) < 4.78 is 10.4. The summed E-state index contributed by atoms with van der Waals surface area (Å²) in [7, 11) is 1.29. The number of benzene rings is 1. The van der Waals surface area contributed by atoms with Crippen molar-refractivity contribution >= 4 is 17.9 Å². The topological polar surface area (TPSA) is 99.1 Å². The van der Waals surface area contributed by atoms with Gasteiger partial charge in [0.15, 0.2) is 5.84 Å². The molecule has 8 nitrogen and oxygen atoms in total. The fourth-order valence-corrected chi connectivity index (χ4v) is 4.75. The van der Waals surface area contributed by atoms with Crippen molar-refractivity contribution < 1.29 is 23.9 Å². The van der Waals surface area contributed by atoms with Crippen molar-refractivity contribution in [2.45, 2.75) is 79.6 Å². The molecule has 0 atom stereocenters. The fourth-order valence-electron chi connectivity index (χ4n) is 4.75. The SMILES string of the molecule is CCO/N=C(/NC(=O)C1CCC(C)CC1)c1ccc(Cc2c(C(C)C)nc(C)c(C)c2OC(=O)OC)cc1. The number of nitrogens with zero attached hydrogens (tertiary/aromatic N) is 2. The van der Waals surface area contributed by atoms with E-state index in [4.69, 9.17) is 19.3 Å². The summed E-state index contributed by atoms with van der Waals surface area (Å²) in [5, 5.41) is 7.20. The van der Waals surface area contributed by atoms with Crippen molar-refractivity contribution in [2.75, 3.05) is 13.7 Å². The second-order valence-electron chi connectivity index (χ2n) is 10.4. The zero-order valence-corrected chi connectivity index (χ0v) is 23.7. The van der Waals surface area contributed by atoms with E-state index in [0.29, 0.717) is 30.5 Å². The first-order valence-electron chi connectivity index (χ1n) is 13.5. The Bertz CT molecular complexity index is 1150. The molecule has 1 saturated carbocycles. The van der Waals surface area contributed by atoms with Gasteiger partial charge in [-0.15, -0.1) is 0 Å². The lowest BCUT2D eigenvalue weighted by atomic mass is 9.82. The second-order valence-corrected chi connectivity index (χ2v) is 10.4. The Morgan fingerprint density at radius 2 is 1.76 bits per heavy atom. The average Bonchev–Trinajstić information content (AvgIpc) is 2.90. The summed E-state index contributed by atoms with van der Waals surface area (Å²) in [5.74, 6) is 1.69. The minimum Gasteiger partial charge on any atom is -0.437 e. The van der Waals surface area contributed by atoms with E-state index in [1.807, 2.05) is 45.0 Å². The van der Waals surface area contributed by atoms with E-state index in [0.717, 1.165) is 59.3 Å². The Morgan fingerprint density at radius 3 is 2.34 bits per heavy atom. The molecule has 0 aliphatic heterocycles. The van der Waals surface area contributed by atoms with Crippen LogP contribution in [0.5, 0.6) is 5.75 Å². The first-order valence-corrected chi connectivity index (χ1v) is 13.5. The van der Waals surface area contributed by atoms with Crippen LogP contribution < -0.4 is 10.1 Å². The number of hydrogen-bond acceptors (Lipinski definition) is 7. The van der Waals surface area contributed by atoms with Crippen molar-refractivity contribution in [1.29, 1.82) is 0 Å². The summed E-state index contributed by atoms with van der Waals surface area (Å²) in [5.41, 5.74) is 5.10. The molecule has 1 amide bonds. The maximum absolute atomic E-state index is 13.0. The van der Waals surface area contributed by atoms with Crippen molar-refractivity contribution in [2.24, 2.45) is 17.0 Å². The van der Waals surface area contributed by atoms with Crippen molar-refractivity contribution in [1.82, 2.24) is 10.3 Å². The number of carbonyl (C=O) groups excluding carboxylic acids is 2. The molecule has 0 radical (unpaired) electrons. The molecule has 1 heterocycles. The van der Waals surface area contributed by atoms with Gasteiger partial charge in [-0.05, 0) is 63.9 Å². The summed E-state index contributed by atoms with van der Waals surface area (Å²) in [6.45, 7) is 12.4. The largest absolute Gasteiger partial charge is 0.513 e. The molecule has 3 rings (SSSR count). The van der Waals surface area contributed by atoms with Crippen LogP contribution in [-0.4, -0.2) is 36.6 Å². The van der Waals surface area contributed by atoms with Gasteiger partial charge in [-0.2, -0.15) is 0 Å². The van der Waals surface area contributed by atoms with Crippen molar-refractivity contribution in [3.63, 3.8) is 0 Å². The van der Waals surface area contributed by atoms with E-state index in [9.17, 15) is 9.59 Å². The van der Waals surface area contributed by atoms with Crippen LogP contribution in [0.3, 0.4) is 0 Å². The smallest absolute Gasteiger partial charge is 0.437 e. The summed E-state index contributed by atoms with van der Waals surface area (Å²) in [6.07, 6.45) is 3.68. The standard InChI is InChI=1S/C30H41N3O5/c1-8-37-33-28(32-29(34)24-13-9-19(4)10-14-24)23-15-11-22(12-16-23)17-25-26(18(2)3)31-21(6)20(5)27(25)38-30(35)36-7/h11-12,15-16,18-19,24H,8-10,13-14,17H2,1-7H3,(H,32,33,34). The van der Waals surface area contributed by atoms with Crippen LogP contribution in [0.1, 0.15) is 92.9 Å². The Morgan fingerprint density at radius 1 is 1.11 bits per heavy atom. The number of oxime groups is 1. The molecule has 2 aromatic rings. The highest BCUT2D eigenvalue weighted by atomic mass is 16.7. The summed E-state index contributed by atoms with van der Waals surface area (Å²) in [6, 6.07) is 7.79. The monoisotopic (exact) mass is 523 g/mol. The van der Waals surface area contributed by atoms with Crippen LogP contribution in [0, 0.1) is 25.7 Å². The van der Waals surface area contributed by atoms with Crippen LogP contribution in [0.25, 0.3) is 0 Å². The number of aromatic nitrogens is 1. The number of amidine groups is 1. The Balaban J connectivity index is 1.87. The highest BCUT2D eigenvalue weighted by molar-refractivity contribution is 6.08. The first kappa shape index (κ1) is 29.1. The maximum atomic E-state index is 13.0. The lowest BCUT2D eigenvalue weighted by Crippen LogP contribution is -2.37. The molecule has 206 valence electrons. The molecule has 1 aliphatic carbocycles. The van der Waals surface area contributed by atoms with E-state index in [1.165, 1.54) is 7.11 Å². The molecule has 38 heavy (non-hydrogen) atoms. The van der Waals surface area contributed by atoms with Gasteiger partial charge in [-0.1, -0.05) is 50.2 Å². The minimum absolute atomic E-state index is 0.00253. The summed E-state index contributed by atoms with van der Waals surface area (Å²) >= 11 is 0. The molecular weight excluding hydrogens is 482 g/mol. The third-order valence-electron chi connectivity index (χ3n) is 7.18. The lowest BCUT2D eigenvalue weighted by molar-refractivity contribution is -0.124. The molecular formula is C30H41N3O5. The predicted molar refractivity (Wildman–Crippen MR) is 148 cm³/mol. The molecule has 1 N–H and O–H groups in total. The van der Waals surface area contributed by atoms with Crippen molar-refractivity contribution in [3.8, 4) is 5.75 Å². The number of methoxy groups -OCH3 is 1. The van der Waals surface area contributed by atoms with Gasteiger partial charge in [0.05, 0.1) is 12.8 Å². The van der Waals surface area contributed by atoms with E-state index in [-0.39, 0.29) is 17.7 Å². The highest BCUT2D eigenvalue weighted by Gasteiger charge is 2.26. The number of ether oxygens (including phenoxy) is 2. The first-order chi connectivity index (χ1) is 18.1. The van der Waals surface area contributed by atoms with E-state index < -0.39 is 6.16 Å². The van der Waals surface area contributed by atoms with Gasteiger partial charge in [-0.25, -0.2) is 4.79 Å². The Hall–Kier alpha value is -3.42. The lowest BCUT2D eigenvalue weighted by Gasteiger charge is -2.25. The van der Waals surface area contributed by atoms with Crippen LogP contribution >= 0.6 is 0 Å². The molecule has 1 aliphatic rings. The number of rotatable bonds is 8. The zero-order valence-electron chi connectivity index (χ0n) is 23.7. The van der Waals surface area contributed by atoms with Gasteiger partial charge in [0, 0.05) is 34.7 Å². The second kappa shape index (κ2) is 13.4. The highest BCUT2D eigenvalue weighted by Crippen LogP contribution is 2.34. The Labute approximate surface area is 226 Å². The van der Waals surface area contributed by atoms with Gasteiger partial charge in [0.2, 0.25) is 5.91 Å². The maximum Gasteiger partial charge on any atom is 0.513 e. The number of aryl methyl sites for hydroxylation is 1. The van der Waals surface area contributed by atoms with Crippen LogP contribution in [0.15, 0.2) is 29.4 Å². The normalized spacial score (nSPS) is 17.7. The molecule has 8 heteroatoms. The molecule has 0 saturated heterocycles. The molecule has 0 bridgehead atoms. The van der Waals surface area contributed by atoms with Gasteiger partial charge in [0.1, 0.15) is 12.4 Å². The van der Waals surface area contributed by atoms with Crippen LogP contribution in [-0.2, 0) is 20.8 Å². The fraction of sp³-hybridized carbons (Fsp3) is 0.533. The van der Waals surface area contributed by atoms with Gasteiger partial charge >= 0.3 is 6.16 Å². The summed E-state index contributed by atoms with van der Waals surface area (Å²) in [4.78, 5) is 35.1. The molecule has 1 fully saturated rings. The number of pyridine rings is 1. The third kappa shape index (κ3) is 7.33. The van der Waals surface area contributed by atoms with Crippen LogP contribution in [0.4, 0.5) is 4.79 Å². The minimum atomic E-state index is -0.759. The van der Waals surface area contributed by atoms with Gasteiger partial charge in [0.25, 0.3) is 0 Å². The van der Waals surface area contributed by atoms with Crippen molar-refractivity contribution in [3.05, 3.63) is 57.9 Å². The predicted octanol–water partition coefficient (Wildman–Crippen LogP) is 6.20. The van der Waals surface area contributed by atoms with E-state index in [1.54, 1.807) is 0 Å². The van der Waals surface area contributed by atoms with E-state index in [2.05, 4.69) is 31.2 Å². The molecule has 0 unspecified atom stereocenters. The zero-order chi connectivity index (χ0) is 27.8. The van der Waals surface area contributed by atoms with Gasteiger partial charge in [-0.3, -0.25) is 9.78 Å². The van der Waals surface area contributed by atoms with Gasteiger partial charge < -0.3 is 19.6 Å². The van der Waals surface area contributed by atoms with Crippen LogP contribution in [0.2, 0.25) is 0 Å². The Kier molecular flexibility index (Phi) is 10.3. The van der Waals surface area contributed by atoms with E-state index >= 15 is 0 Å². The number of hydrogen-bond donors (Lipinski definition) is 1. The average molecular weight is 524 g/mol. The number of carbonyl (C=O) groups is 2. The number of nitrogens with one attached hydrogen (secondary N) is 1. The molecule has 0 spiro atoms. The molecule has 1 aromatic carbocycles. The molecule has 1 aromatic heterocycles.